The van der Waals surface area contributed by atoms with Crippen LogP contribution in [0.15, 0.2) is 12.4 Å². The number of nitrogens with zero attached hydrogens (tertiary/aromatic N) is 2. The second-order valence-corrected chi connectivity index (χ2v) is 3.18. The largest absolute Gasteiger partial charge is 0.358 e. The predicted molar refractivity (Wildman–Crippen MR) is 46.3 cm³/mol. The summed E-state index contributed by atoms with van der Waals surface area (Å²) in [6.45, 7) is 2.21. The second kappa shape index (κ2) is 3.19. The molecule has 10 heavy (non-hydrogen) atoms. The Morgan fingerprint density at radius 2 is 2.20 bits per heavy atom. The normalized spacial score (nSPS) is 24.5. The molecule has 0 aromatic rings. The molecule has 1 heterocycles. The van der Waals surface area contributed by atoms with Gasteiger partial charge in [0.15, 0.2) is 0 Å². The van der Waals surface area contributed by atoms with Gasteiger partial charge in [0.05, 0.1) is 0 Å². The van der Waals surface area contributed by atoms with Gasteiger partial charge in [-0.2, -0.15) is 0 Å². The van der Waals surface area contributed by atoms with Gasteiger partial charge < -0.3 is 9.21 Å². The van der Waals surface area contributed by atoms with E-state index >= 15 is 0 Å². The van der Waals surface area contributed by atoms with Gasteiger partial charge in [-0.05, 0) is 6.42 Å². The van der Waals surface area contributed by atoms with Crippen molar-refractivity contribution in [2.45, 2.75) is 19.5 Å². The van der Waals surface area contributed by atoms with Crippen LogP contribution in [0.5, 0.6) is 0 Å². The molecule has 0 saturated carbocycles. The van der Waals surface area contributed by atoms with Gasteiger partial charge in [0.1, 0.15) is 6.17 Å². The Morgan fingerprint density at radius 1 is 1.50 bits per heavy atom. The van der Waals surface area contributed by atoms with E-state index in [2.05, 4.69) is 41.8 Å². The fraction of sp³-hybridized carbons (Fsp3) is 0.714. The molecule has 1 aliphatic rings. The van der Waals surface area contributed by atoms with Gasteiger partial charge in [-0.25, -0.2) is 0 Å². The number of rotatable bonds is 2. The molecule has 0 aliphatic carbocycles. The van der Waals surface area contributed by atoms with Crippen LogP contribution in [0.3, 0.4) is 0 Å². The summed E-state index contributed by atoms with van der Waals surface area (Å²) in [5, 5.41) is 0. The van der Waals surface area contributed by atoms with E-state index in [0.717, 1.165) is 0 Å². The molecule has 0 saturated heterocycles. The van der Waals surface area contributed by atoms with Gasteiger partial charge in [-0.3, -0.25) is 0 Å². The highest BCUT2D eigenvalue weighted by molar-refractivity contribution is 7.96. The summed E-state index contributed by atoms with van der Waals surface area (Å²) in [6, 6.07) is 0. The van der Waals surface area contributed by atoms with Crippen LogP contribution in [0, 0.1) is 0 Å². The standard InChI is InChI=1S/C7H14N2S/c1-4-7-8(2)5-6-9(7)10-3/h5-7H,4H2,1-3H3. The molecule has 1 unspecified atom stereocenters. The van der Waals surface area contributed by atoms with Gasteiger partial charge in [-0.15, -0.1) is 0 Å². The van der Waals surface area contributed by atoms with Crippen LogP contribution in [0.2, 0.25) is 0 Å². The Morgan fingerprint density at radius 3 is 2.60 bits per heavy atom. The minimum atomic E-state index is 0.565. The maximum Gasteiger partial charge on any atom is 0.111 e. The van der Waals surface area contributed by atoms with E-state index < -0.39 is 0 Å². The van der Waals surface area contributed by atoms with Crippen molar-refractivity contribution in [2.24, 2.45) is 0 Å². The molecule has 0 radical (unpaired) electrons. The Balaban J connectivity index is 2.53. The van der Waals surface area contributed by atoms with E-state index in [-0.39, 0.29) is 0 Å². The first-order valence-corrected chi connectivity index (χ1v) is 4.70. The first-order chi connectivity index (χ1) is 4.79. The Labute approximate surface area is 67.0 Å². The van der Waals surface area contributed by atoms with Gasteiger partial charge in [0.2, 0.25) is 0 Å². The average Bonchev–Trinajstić information content (AvgIpc) is 2.30. The molecule has 0 bridgehead atoms. The van der Waals surface area contributed by atoms with Crippen molar-refractivity contribution in [3.63, 3.8) is 0 Å². The lowest BCUT2D eigenvalue weighted by molar-refractivity contribution is 0.256. The zero-order valence-electron chi connectivity index (χ0n) is 6.74. The zero-order chi connectivity index (χ0) is 7.56. The van der Waals surface area contributed by atoms with E-state index in [1.54, 1.807) is 11.9 Å². The van der Waals surface area contributed by atoms with E-state index in [9.17, 15) is 0 Å². The maximum absolute atomic E-state index is 2.26. The van der Waals surface area contributed by atoms with Gasteiger partial charge in [0.25, 0.3) is 0 Å². The highest BCUT2D eigenvalue weighted by Gasteiger charge is 2.20. The summed E-state index contributed by atoms with van der Waals surface area (Å²) in [6.07, 6.45) is 8.08. The van der Waals surface area contributed by atoms with Crippen molar-refractivity contribution in [3.8, 4) is 0 Å². The average molecular weight is 158 g/mol. The lowest BCUT2D eigenvalue weighted by Crippen LogP contribution is -2.31. The molecule has 58 valence electrons. The molecule has 0 N–H and O–H groups in total. The van der Waals surface area contributed by atoms with Crippen LogP contribution in [-0.4, -0.2) is 28.7 Å². The summed E-state index contributed by atoms with van der Waals surface area (Å²) in [5.41, 5.74) is 0. The smallest absolute Gasteiger partial charge is 0.111 e. The molecule has 0 fully saturated rings. The van der Waals surface area contributed by atoms with Crippen molar-refractivity contribution < 1.29 is 0 Å². The van der Waals surface area contributed by atoms with Gasteiger partial charge in [-0.1, -0.05) is 18.9 Å². The minimum absolute atomic E-state index is 0.565. The molecule has 0 aromatic heterocycles. The lowest BCUT2D eigenvalue weighted by Gasteiger charge is -2.26. The molecular formula is C7H14N2S. The molecule has 0 aromatic carbocycles. The topological polar surface area (TPSA) is 6.48 Å². The third kappa shape index (κ3) is 1.24. The van der Waals surface area contributed by atoms with Gasteiger partial charge in [0, 0.05) is 25.7 Å². The van der Waals surface area contributed by atoms with E-state index in [1.165, 1.54) is 6.42 Å². The van der Waals surface area contributed by atoms with Crippen molar-refractivity contribution in [2.75, 3.05) is 13.3 Å². The molecule has 1 aliphatic heterocycles. The number of hydrogen-bond acceptors (Lipinski definition) is 3. The third-order valence-electron chi connectivity index (χ3n) is 1.79. The zero-order valence-corrected chi connectivity index (χ0v) is 7.56. The van der Waals surface area contributed by atoms with Crippen molar-refractivity contribution in [1.82, 2.24) is 9.21 Å². The quantitative estimate of drug-likeness (QED) is 0.565. The molecule has 1 atom stereocenters. The summed E-state index contributed by atoms with van der Waals surface area (Å²) >= 11 is 1.77. The third-order valence-corrected chi connectivity index (χ3v) is 2.58. The second-order valence-electron chi connectivity index (χ2n) is 2.39. The maximum atomic E-state index is 2.26. The summed E-state index contributed by atoms with van der Waals surface area (Å²) in [7, 11) is 2.11. The first-order valence-electron chi connectivity index (χ1n) is 3.52. The van der Waals surface area contributed by atoms with Gasteiger partial charge >= 0.3 is 0 Å². The number of hydrogen-bond donors (Lipinski definition) is 0. The van der Waals surface area contributed by atoms with E-state index in [1.807, 2.05) is 0 Å². The highest BCUT2D eigenvalue weighted by atomic mass is 32.2. The Bertz CT molecular complexity index is 136. The Hall–Kier alpha value is -0.310. The van der Waals surface area contributed by atoms with Crippen LogP contribution in [0.4, 0.5) is 0 Å². The van der Waals surface area contributed by atoms with Crippen LogP contribution < -0.4 is 0 Å². The van der Waals surface area contributed by atoms with Crippen molar-refractivity contribution in [3.05, 3.63) is 12.4 Å². The SMILES string of the molecule is CCC1N(C)C=CN1SC. The molecule has 0 amide bonds. The molecular weight excluding hydrogens is 144 g/mol. The van der Waals surface area contributed by atoms with E-state index in [0.29, 0.717) is 6.17 Å². The molecule has 0 spiro atoms. The summed E-state index contributed by atoms with van der Waals surface area (Å²) in [5.74, 6) is 0. The fourth-order valence-corrected chi connectivity index (χ4v) is 1.92. The molecule has 3 heteroatoms. The van der Waals surface area contributed by atoms with Crippen LogP contribution in [0.1, 0.15) is 13.3 Å². The lowest BCUT2D eigenvalue weighted by atomic mass is 10.4. The fourth-order valence-electron chi connectivity index (χ4n) is 1.20. The monoisotopic (exact) mass is 158 g/mol. The predicted octanol–water partition coefficient (Wildman–Crippen LogP) is 1.72. The van der Waals surface area contributed by atoms with Crippen LogP contribution in [-0.2, 0) is 0 Å². The van der Waals surface area contributed by atoms with Crippen molar-refractivity contribution >= 4 is 11.9 Å². The van der Waals surface area contributed by atoms with Crippen molar-refractivity contribution in [1.29, 1.82) is 0 Å². The Kier molecular flexibility index (Phi) is 2.49. The first kappa shape index (κ1) is 7.79. The van der Waals surface area contributed by atoms with Crippen LogP contribution in [0.25, 0.3) is 0 Å². The van der Waals surface area contributed by atoms with Crippen LogP contribution >= 0.6 is 11.9 Å². The minimum Gasteiger partial charge on any atom is -0.358 e. The van der Waals surface area contributed by atoms with E-state index in [4.69, 9.17) is 0 Å². The summed E-state index contributed by atoms with van der Waals surface area (Å²) in [4.78, 5) is 2.23. The summed E-state index contributed by atoms with van der Waals surface area (Å²) < 4.78 is 2.26. The highest BCUT2D eigenvalue weighted by Crippen LogP contribution is 2.22. The molecule has 2 nitrogen and oxygen atoms in total. The molecule has 1 rings (SSSR count).